The fourth-order valence-corrected chi connectivity index (χ4v) is 4.64. The molecule has 5 rings (SSSR count). The van der Waals surface area contributed by atoms with Crippen molar-refractivity contribution < 1.29 is 32.9 Å². The summed E-state index contributed by atoms with van der Waals surface area (Å²) in [4.78, 5) is 26.0. The summed E-state index contributed by atoms with van der Waals surface area (Å²) in [7, 11) is 6.02. The van der Waals surface area contributed by atoms with Crippen molar-refractivity contribution in [2.45, 2.75) is 12.3 Å². The number of rotatable bonds is 6. The van der Waals surface area contributed by atoms with E-state index in [4.69, 9.17) is 28.1 Å². The van der Waals surface area contributed by atoms with Crippen LogP contribution >= 0.6 is 0 Å². The minimum absolute atomic E-state index is 0.0202. The molecule has 1 aliphatic rings. The van der Waals surface area contributed by atoms with E-state index in [2.05, 4.69) is 0 Å². The Hall–Kier alpha value is -4.46. The van der Waals surface area contributed by atoms with Crippen LogP contribution in [0.5, 0.6) is 28.7 Å². The Balaban J connectivity index is 1.83. The van der Waals surface area contributed by atoms with Gasteiger partial charge in [-0.25, -0.2) is 0 Å². The van der Waals surface area contributed by atoms with Gasteiger partial charge in [0.2, 0.25) is 5.75 Å². The second kappa shape index (κ2) is 9.30. The van der Waals surface area contributed by atoms with Crippen LogP contribution in [0.1, 0.15) is 23.5 Å². The molecule has 0 aliphatic carbocycles. The molecule has 8 nitrogen and oxygen atoms in total. The van der Waals surface area contributed by atoms with Gasteiger partial charge in [0, 0.05) is 29.2 Å². The second-order valence-corrected chi connectivity index (χ2v) is 8.23. The molecule has 0 bridgehead atoms. The Morgan fingerprint density at radius 2 is 1.47 bits per heavy atom. The van der Waals surface area contributed by atoms with Gasteiger partial charge in [-0.1, -0.05) is 30.3 Å². The maximum Gasteiger partial charge on any atom is 0.312 e. The van der Waals surface area contributed by atoms with Gasteiger partial charge in [0.1, 0.15) is 28.2 Å². The number of benzene rings is 3. The van der Waals surface area contributed by atoms with Crippen molar-refractivity contribution >= 4 is 16.9 Å². The number of methoxy groups -OCH3 is 4. The molecule has 4 aromatic rings. The number of hydrogen-bond donors (Lipinski definition) is 0. The molecule has 1 atom stereocenters. The van der Waals surface area contributed by atoms with Crippen molar-refractivity contribution in [1.29, 1.82) is 0 Å². The molecular formula is C28H24O8. The SMILES string of the molecule is COc1cc([C@@H]2CC(=O)Oc3cc(OC)c4c(=O)cc(-c5ccccc5)oc4c32)cc(OC)c1OC. The van der Waals surface area contributed by atoms with Crippen LogP contribution in [0.25, 0.3) is 22.3 Å². The fraction of sp³-hybridized carbons (Fsp3) is 0.214. The van der Waals surface area contributed by atoms with Gasteiger partial charge in [0.05, 0.1) is 34.9 Å². The molecule has 0 radical (unpaired) electrons. The molecule has 3 aromatic carbocycles. The van der Waals surface area contributed by atoms with E-state index in [-0.39, 0.29) is 28.7 Å². The van der Waals surface area contributed by atoms with Crippen molar-refractivity contribution in [2.75, 3.05) is 28.4 Å². The van der Waals surface area contributed by atoms with Crippen molar-refractivity contribution in [3.63, 3.8) is 0 Å². The minimum Gasteiger partial charge on any atom is -0.496 e. The zero-order chi connectivity index (χ0) is 25.4. The lowest BCUT2D eigenvalue weighted by Crippen LogP contribution is -2.22. The van der Waals surface area contributed by atoms with E-state index in [1.807, 2.05) is 30.3 Å². The number of fused-ring (bicyclic) bond motifs is 3. The summed E-state index contributed by atoms with van der Waals surface area (Å²) in [5.41, 5.74) is 2.04. The summed E-state index contributed by atoms with van der Waals surface area (Å²) in [5, 5.41) is 0.270. The van der Waals surface area contributed by atoms with E-state index in [0.717, 1.165) is 5.56 Å². The average molecular weight is 488 g/mol. The number of esters is 1. The zero-order valence-electron chi connectivity index (χ0n) is 20.2. The lowest BCUT2D eigenvalue weighted by Gasteiger charge is -2.27. The first-order valence-corrected chi connectivity index (χ1v) is 11.2. The molecule has 8 heteroatoms. The minimum atomic E-state index is -0.516. The topological polar surface area (TPSA) is 93.4 Å². The summed E-state index contributed by atoms with van der Waals surface area (Å²) >= 11 is 0. The molecule has 0 saturated carbocycles. The van der Waals surface area contributed by atoms with Crippen LogP contribution in [-0.4, -0.2) is 34.4 Å². The van der Waals surface area contributed by atoms with Crippen LogP contribution in [0, 0.1) is 0 Å². The molecule has 1 aliphatic heterocycles. The average Bonchev–Trinajstić information content (AvgIpc) is 2.91. The van der Waals surface area contributed by atoms with Gasteiger partial charge in [0.25, 0.3) is 0 Å². The molecule has 0 saturated heterocycles. The van der Waals surface area contributed by atoms with Gasteiger partial charge < -0.3 is 28.1 Å². The Labute approximate surface area is 206 Å². The van der Waals surface area contributed by atoms with Crippen LogP contribution in [0.15, 0.2) is 63.8 Å². The normalized spacial score (nSPS) is 14.7. The largest absolute Gasteiger partial charge is 0.496 e. The smallest absolute Gasteiger partial charge is 0.312 e. The highest BCUT2D eigenvalue weighted by Gasteiger charge is 2.35. The quantitative estimate of drug-likeness (QED) is 0.278. The van der Waals surface area contributed by atoms with E-state index in [1.165, 1.54) is 34.5 Å². The second-order valence-electron chi connectivity index (χ2n) is 8.23. The molecule has 184 valence electrons. The van der Waals surface area contributed by atoms with Crippen molar-refractivity contribution in [2.24, 2.45) is 0 Å². The highest BCUT2D eigenvalue weighted by molar-refractivity contribution is 5.93. The Kier molecular flexibility index (Phi) is 6.01. The Morgan fingerprint density at radius 3 is 2.08 bits per heavy atom. The molecule has 0 N–H and O–H groups in total. The van der Waals surface area contributed by atoms with E-state index in [1.54, 1.807) is 18.2 Å². The number of carbonyl (C=O) groups excluding carboxylic acids is 1. The standard InChI is InChI=1S/C28H24O8/c1-31-20-14-21-25(28-26(20)18(29)13-19(36-28)15-8-6-5-7-9-15)17(12-24(30)35-21)16-10-22(32-2)27(34-4)23(11-16)33-3/h5-11,13-14,17H,12H2,1-4H3/t17-/m0/s1. The summed E-state index contributed by atoms with van der Waals surface area (Å²) in [6, 6.07) is 15.9. The highest BCUT2D eigenvalue weighted by atomic mass is 16.5. The first kappa shape index (κ1) is 23.3. The summed E-state index contributed by atoms with van der Waals surface area (Å²) in [6.07, 6.45) is 0.0202. The van der Waals surface area contributed by atoms with E-state index < -0.39 is 11.9 Å². The zero-order valence-corrected chi connectivity index (χ0v) is 20.2. The maximum atomic E-state index is 13.3. The predicted molar refractivity (Wildman–Crippen MR) is 133 cm³/mol. The van der Waals surface area contributed by atoms with E-state index in [9.17, 15) is 9.59 Å². The Bertz CT molecular complexity index is 1500. The van der Waals surface area contributed by atoms with E-state index >= 15 is 0 Å². The first-order chi connectivity index (χ1) is 17.5. The van der Waals surface area contributed by atoms with E-state index in [0.29, 0.717) is 39.7 Å². The molecular weight excluding hydrogens is 464 g/mol. The fourth-order valence-electron chi connectivity index (χ4n) is 4.64. The van der Waals surface area contributed by atoms with Gasteiger partial charge in [-0.15, -0.1) is 0 Å². The molecule has 0 spiro atoms. The number of carbonyl (C=O) groups is 1. The summed E-state index contributed by atoms with van der Waals surface area (Å²) < 4.78 is 34.0. The molecule has 0 fully saturated rings. The molecule has 2 heterocycles. The van der Waals surface area contributed by atoms with Crippen molar-refractivity contribution in [1.82, 2.24) is 0 Å². The Morgan fingerprint density at radius 1 is 0.806 bits per heavy atom. The molecule has 0 unspecified atom stereocenters. The van der Waals surface area contributed by atoms with Crippen molar-refractivity contribution in [3.8, 4) is 40.1 Å². The van der Waals surface area contributed by atoms with Gasteiger partial charge in [-0.05, 0) is 17.7 Å². The highest BCUT2D eigenvalue weighted by Crippen LogP contribution is 2.49. The van der Waals surface area contributed by atoms with Crippen LogP contribution in [0.4, 0.5) is 0 Å². The van der Waals surface area contributed by atoms with Gasteiger partial charge >= 0.3 is 5.97 Å². The number of ether oxygens (including phenoxy) is 5. The third kappa shape index (κ3) is 3.80. The maximum absolute atomic E-state index is 13.3. The third-order valence-corrected chi connectivity index (χ3v) is 6.28. The monoisotopic (exact) mass is 488 g/mol. The predicted octanol–water partition coefficient (Wildman–Crippen LogP) is 4.94. The molecule has 1 aromatic heterocycles. The van der Waals surface area contributed by atoms with Crippen LogP contribution in [0.2, 0.25) is 0 Å². The van der Waals surface area contributed by atoms with Crippen LogP contribution < -0.4 is 29.1 Å². The third-order valence-electron chi connectivity index (χ3n) is 6.28. The molecule has 36 heavy (non-hydrogen) atoms. The molecule has 0 amide bonds. The van der Waals surface area contributed by atoms with Gasteiger partial charge in [0.15, 0.2) is 16.9 Å². The summed E-state index contributed by atoms with van der Waals surface area (Å²) in [6.45, 7) is 0. The van der Waals surface area contributed by atoms with Gasteiger partial charge in [-0.3, -0.25) is 9.59 Å². The first-order valence-electron chi connectivity index (χ1n) is 11.2. The van der Waals surface area contributed by atoms with Crippen LogP contribution in [0.3, 0.4) is 0 Å². The lowest BCUT2D eigenvalue weighted by atomic mass is 9.84. The van der Waals surface area contributed by atoms with Gasteiger partial charge in [-0.2, -0.15) is 0 Å². The lowest BCUT2D eigenvalue weighted by molar-refractivity contribution is -0.135. The summed E-state index contributed by atoms with van der Waals surface area (Å²) in [5.74, 6) is 1.29. The van der Waals surface area contributed by atoms with Crippen LogP contribution in [-0.2, 0) is 4.79 Å². The van der Waals surface area contributed by atoms with Crippen molar-refractivity contribution in [3.05, 3.63) is 75.9 Å². The number of hydrogen-bond acceptors (Lipinski definition) is 8.